The minimum absolute atomic E-state index is 1.20. The van der Waals surface area contributed by atoms with Crippen LogP contribution in [-0.4, -0.2) is 13.3 Å². The molecule has 0 bridgehead atoms. The van der Waals surface area contributed by atoms with Gasteiger partial charge in [0.15, 0.2) is 0 Å². The fourth-order valence-corrected chi connectivity index (χ4v) is 0.703. The van der Waals surface area contributed by atoms with Crippen LogP contribution in [0.2, 0.25) is 0 Å². The second-order valence-corrected chi connectivity index (χ2v) is 2.06. The molecular formula is C7H12NP. The fourth-order valence-electron chi connectivity index (χ4n) is 0.399. The van der Waals surface area contributed by atoms with Gasteiger partial charge in [0.2, 0.25) is 0 Å². The lowest BCUT2D eigenvalue weighted by Gasteiger charge is -1.83. The lowest BCUT2D eigenvalue weighted by molar-refractivity contribution is 1.46. The van der Waals surface area contributed by atoms with E-state index >= 15 is 0 Å². The lowest BCUT2D eigenvalue weighted by Crippen LogP contribution is -1.68. The molecule has 0 aliphatic carbocycles. The van der Waals surface area contributed by atoms with Crippen LogP contribution >= 0.6 is 9.24 Å². The second-order valence-electron chi connectivity index (χ2n) is 1.68. The minimum Gasteiger partial charge on any atom is -0.297 e. The summed E-state index contributed by atoms with van der Waals surface area (Å²) in [5.41, 5.74) is 1.20. The predicted molar refractivity (Wildman–Crippen MR) is 47.0 cm³/mol. The number of aliphatic imine (C=N–C) groups is 1. The highest BCUT2D eigenvalue weighted by atomic mass is 31.0. The molecular weight excluding hydrogens is 129 g/mol. The molecule has 0 fully saturated rings. The molecule has 0 aromatic carbocycles. The van der Waals surface area contributed by atoms with Crippen molar-refractivity contribution in [1.29, 1.82) is 0 Å². The molecule has 9 heavy (non-hydrogen) atoms. The number of allylic oxidation sites excluding steroid dienone is 3. The van der Waals surface area contributed by atoms with Gasteiger partial charge in [0, 0.05) is 13.3 Å². The predicted octanol–water partition coefficient (Wildman–Crippen LogP) is 2.02. The van der Waals surface area contributed by atoms with E-state index in [9.17, 15) is 0 Å². The second kappa shape index (κ2) is 5.71. The molecule has 1 unspecified atom stereocenters. The average Bonchev–Trinajstić information content (AvgIpc) is 1.85. The van der Waals surface area contributed by atoms with Gasteiger partial charge in [-0.05, 0) is 18.6 Å². The van der Waals surface area contributed by atoms with Crippen molar-refractivity contribution in [1.82, 2.24) is 0 Å². The van der Waals surface area contributed by atoms with Crippen LogP contribution in [0.15, 0.2) is 28.5 Å². The van der Waals surface area contributed by atoms with Crippen molar-refractivity contribution in [2.45, 2.75) is 6.92 Å². The quantitative estimate of drug-likeness (QED) is 0.317. The van der Waals surface area contributed by atoms with E-state index in [1.807, 2.05) is 24.9 Å². The first-order valence-electron chi connectivity index (χ1n) is 2.78. The van der Waals surface area contributed by atoms with E-state index < -0.39 is 0 Å². The standard InChI is InChI=1S/C7H12NP/c1-7(4-6-9)3-5-8-2/h3-6H,9H2,1-2H3/b6-4+,7-3-,8-5?. The van der Waals surface area contributed by atoms with Gasteiger partial charge < -0.3 is 0 Å². The van der Waals surface area contributed by atoms with E-state index in [0.29, 0.717) is 0 Å². The van der Waals surface area contributed by atoms with Crippen LogP contribution < -0.4 is 0 Å². The molecule has 0 aromatic heterocycles. The van der Waals surface area contributed by atoms with Crippen molar-refractivity contribution in [2.24, 2.45) is 4.99 Å². The third-order valence-electron chi connectivity index (χ3n) is 0.846. The maximum atomic E-state index is 3.82. The van der Waals surface area contributed by atoms with E-state index in [2.05, 4.69) is 14.2 Å². The Morgan fingerprint density at radius 2 is 2.22 bits per heavy atom. The maximum absolute atomic E-state index is 3.82. The van der Waals surface area contributed by atoms with Crippen LogP contribution in [0.25, 0.3) is 0 Å². The van der Waals surface area contributed by atoms with Gasteiger partial charge in [-0.15, -0.1) is 9.24 Å². The van der Waals surface area contributed by atoms with E-state index in [1.165, 1.54) is 5.57 Å². The summed E-state index contributed by atoms with van der Waals surface area (Å²) >= 11 is 0. The Morgan fingerprint density at radius 1 is 1.56 bits per heavy atom. The molecule has 2 heteroatoms. The Kier molecular flexibility index (Phi) is 5.45. The van der Waals surface area contributed by atoms with E-state index in [-0.39, 0.29) is 0 Å². The van der Waals surface area contributed by atoms with Crippen LogP contribution in [-0.2, 0) is 0 Å². The molecule has 0 N–H and O–H groups in total. The minimum atomic E-state index is 1.20. The first-order valence-corrected chi connectivity index (χ1v) is 3.45. The lowest BCUT2D eigenvalue weighted by atomic mass is 10.3. The van der Waals surface area contributed by atoms with Gasteiger partial charge in [-0.1, -0.05) is 11.9 Å². The Hall–Kier alpha value is -0.420. The van der Waals surface area contributed by atoms with Crippen LogP contribution in [0, 0.1) is 0 Å². The van der Waals surface area contributed by atoms with Crippen molar-refractivity contribution in [3.8, 4) is 0 Å². The summed E-state index contributed by atoms with van der Waals surface area (Å²) < 4.78 is 0. The molecule has 1 atom stereocenters. The van der Waals surface area contributed by atoms with Gasteiger partial charge in [0.25, 0.3) is 0 Å². The first-order chi connectivity index (χ1) is 4.31. The average molecular weight is 141 g/mol. The summed E-state index contributed by atoms with van der Waals surface area (Å²) in [4.78, 5) is 3.82. The number of rotatable bonds is 2. The van der Waals surface area contributed by atoms with Crippen LogP contribution in [0.4, 0.5) is 0 Å². The summed E-state index contributed by atoms with van der Waals surface area (Å²) in [5, 5.41) is 0. The Bertz CT molecular complexity index is 145. The van der Waals surface area contributed by atoms with Gasteiger partial charge in [-0.25, -0.2) is 0 Å². The maximum Gasteiger partial charge on any atom is 0.0277 e. The summed E-state index contributed by atoms with van der Waals surface area (Å²) in [6, 6.07) is 0. The van der Waals surface area contributed by atoms with Gasteiger partial charge in [0.05, 0.1) is 0 Å². The van der Waals surface area contributed by atoms with E-state index in [4.69, 9.17) is 0 Å². The zero-order valence-corrected chi connectivity index (χ0v) is 6.99. The topological polar surface area (TPSA) is 12.4 Å². The fraction of sp³-hybridized carbons (Fsp3) is 0.286. The molecule has 1 nitrogen and oxygen atoms in total. The highest BCUT2D eigenvalue weighted by molar-refractivity contribution is 7.20. The molecule has 0 aromatic rings. The summed E-state index contributed by atoms with van der Waals surface area (Å²) in [7, 11) is 4.28. The Balaban J connectivity index is 3.84. The normalized spacial score (nSPS) is 13.9. The number of hydrogen-bond donors (Lipinski definition) is 0. The molecule has 0 aliphatic heterocycles. The third-order valence-corrected chi connectivity index (χ3v) is 1.04. The zero-order valence-electron chi connectivity index (χ0n) is 5.83. The van der Waals surface area contributed by atoms with Crippen molar-refractivity contribution in [2.75, 3.05) is 7.05 Å². The van der Waals surface area contributed by atoms with Crippen LogP contribution in [0.3, 0.4) is 0 Å². The van der Waals surface area contributed by atoms with Crippen molar-refractivity contribution in [3.63, 3.8) is 0 Å². The summed E-state index contributed by atoms with van der Waals surface area (Å²) in [6.07, 6.45) is 5.74. The van der Waals surface area contributed by atoms with E-state index in [0.717, 1.165) is 0 Å². The molecule has 0 aliphatic rings. The smallest absolute Gasteiger partial charge is 0.0277 e. The van der Waals surface area contributed by atoms with Crippen LogP contribution in [0.1, 0.15) is 6.92 Å². The molecule has 0 radical (unpaired) electrons. The van der Waals surface area contributed by atoms with Crippen LogP contribution in [0.5, 0.6) is 0 Å². The molecule has 0 amide bonds. The SMILES string of the molecule is CN=C/C=C(C)\C=C\P. The van der Waals surface area contributed by atoms with Gasteiger partial charge in [0.1, 0.15) is 0 Å². The summed E-state index contributed by atoms with van der Waals surface area (Å²) in [6.45, 7) is 2.03. The van der Waals surface area contributed by atoms with Gasteiger partial charge in [-0.3, -0.25) is 4.99 Å². The molecule has 50 valence electrons. The monoisotopic (exact) mass is 141 g/mol. The highest BCUT2D eigenvalue weighted by Gasteiger charge is 1.73. The molecule has 0 saturated heterocycles. The molecule has 0 rings (SSSR count). The summed E-state index contributed by atoms with van der Waals surface area (Å²) in [5.74, 6) is 1.93. The highest BCUT2D eigenvalue weighted by Crippen LogP contribution is 1.95. The first kappa shape index (κ1) is 8.58. The number of hydrogen-bond acceptors (Lipinski definition) is 1. The van der Waals surface area contributed by atoms with Crippen molar-refractivity contribution in [3.05, 3.63) is 23.5 Å². The molecule has 0 spiro atoms. The van der Waals surface area contributed by atoms with Crippen molar-refractivity contribution < 1.29 is 0 Å². The Labute approximate surface area is 58.8 Å². The Morgan fingerprint density at radius 3 is 2.67 bits per heavy atom. The zero-order chi connectivity index (χ0) is 7.11. The largest absolute Gasteiger partial charge is 0.297 e. The van der Waals surface area contributed by atoms with E-state index in [1.54, 1.807) is 13.3 Å². The molecule has 0 saturated carbocycles. The number of nitrogens with zero attached hydrogens (tertiary/aromatic N) is 1. The third kappa shape index (κ3) is 5.45. The molecule has 0 heterocycles. The van der Waals surface area contributed by atoms with Gasteiger partial charge >= 0.3 is 0 Å². The van der Waals surface area contributed by atoms with Crippen molar-refractivity contribution >= 4 is 15.5 Å². The van der Waals surface area contributed by atoms with Gasteiger partial charge in [-0.2, -0.15) is 0 Å².